The zero-order valence-electron chi connectivity index (χ0n) is 10.4. The Morgan fingerprint density at radius 1 is 1.33 bits per heavy atom. The summed E-state index contributed by atoms with van der Waals surface area (Å²) in [6, 6.07) is 7.49. The molecule has 0 aliphatic rings. The number of aromatic nitrogens is 2. The molecule has 0 aliphatic carbocycles. The molecule has 2 aromatic rings. The summed E-state index contributed by atoms with van der Waals surface area (Å²) in [5.41, 5.74) is -0.0401. The van der Waals surface area contributed by atoms with Crippen LogP contribution in [0.25, 0.3) is 10.8 Å². The molecule has 0 saturated heterocycles. The minimum Gasteiger partial charge on any atom is -0.383 e. The van der Waals surface area contributed by atoms with Crippen molar-refractivity contribution in [3.05, 3.63) is 40.8 Å². The molecule has 0 fully saturated rings. The Bertz CT molecular complexity index is 565. The number of benzene rings is 1. The first-order chi connectivity index (χ1) is 8.83. The van der Waals surface area contributed by atoms with Crippen molar-refractivity contribution < 1.29 is 4.74 Å². The van der Waals surface area contributed by atoms with Gasteiger partial charge in [0, 0.05) is 25.6 Å². The van der Waals surface area contributed by atoms with Crippen molar-refractivity contribution in [1.82, 2.24) is 15.1 Å². The minimum atomic E-state index is -0.0401. The molecule has 0 atom stereocenters. The lowest BCUT2D eigenvalue weighted by atomic mass is 10.2. The van der Waals surface area contributed by atoms with Crippen molar-refractivity contribution in [2.75, 3.05) is 26.8 Å². The lowest BCUT2D eigenvalue weighted by Crippen LogP contribution is -2.30. The lowest BCUT2D eigenvalue weighted by molar-refractivity contribution is 0.199. The van der Waals surface area contributed by atoms with E-state index in [0.717, 1.165) is 11.9 Å². The van der Waals surface area contributed by atoms with Gasteiger partial charge in [0.25, 0.3) is 5.56 Å². The van der Waals surface area contributed by atoms with Gasteiger partial charge in [-0.15, -0.1) is 0 Å². The van der Waals surface area contributed by atoms with Crippen molar-refractivity contribution in [1.29, 1.82) is 0 Å². The molecule has 0 radical (unpaired) electrons. The Morgan fingerprint density at radius 3 is 3.00 bits per heavy atom. The van der Waals surface area contributed by atoms with Crippen LogP contribution in [-0.2, 0) is 11.3 Å². The number of hydrogen-bond acceptors (Lipinski definition) is 4. The van der Waals surface area contributed by atoms with Crippen LogP contribution in [0.4, 0.5) is 0 Å². The zero-order chi connectivity index (χ0) is 12.8. The van der Waals surface area contributed by atoms with Gasteiger partial charge in [-0.05, 0) is 6.07 Å². The lowest BCUT2D eigenvalue weighted by Gasteiger charge is -2.07. The Hall–Kier alpha value is -1.72. The van der Waals surface area contributed by atoms with E-state index in [4.69, 9.17) is 4.74 Å². The van der Waals surface area contributed by atoms with Crippen molar-refractivity contribution in [3.63, 3.8) is 0 Å². The van der Waals surface area contributed by atoms with Crippen LogP contribution in [0.1, 0.15) is 0 Å². The van der Waals surface area contributed by atoms with Gasteiger partial charge in [-0.3, -0.25) is 4.79 Å². The third kappa shape index (κ3) is 2.94. The second-order valence-corrected chi connectivity index (χ2v) is 4.00. The standard InChI is InChI=1S/C13H17N3O2/c1-18-9-7-14-6-8-16-13(17)12-5-3-2-4-11(12)10-15-16/h2-5,10,14H,6-9H2,1H3. The number of hydrogen-bond donors (Lipinski definition) is 1. The first-order valence-corrected chi connectivity index (χ1v) is 5.97. The van der Waals surface area contributed by atoms with Gasteiger partial charge in [-0.1, -0.05) is 18.2 Å². The summed E-state index contributed by atoms with van der Waals surface area (Å²) in [6.07, 6.45) is 1.73. The summed E-state index contributed by atoms with van der Waals surface area (Å²) in [5.74, 6) is 0. The zero-order valence-corrected chi connectivity index (χ0v) is 10.4. The van der Waals surface area contributed by atoms with Gasteiger partial charge in [0.05, 0.1) is 24.7 Å². The molecule has 96 valence electrons. The molecule has 2 rings (SSSR count). The average Bonchev–Trinajstić information content (AvgIpc) is 2.41. The fourth-order valence-corrected chi connectivity index (χ4v) is 1.77. The molecule has 0 saturated carbocycles. The average molecular weight is 247 g/mol. The fraction of sp³-hybridized carbons (Fsp3) is 0.385. The maximum absolute atomic E-state index is 12.1. The summed E-state index contributed by atoms with van der Waals surface area (Å²) in [7, 11) is 1.66. The summed E-state index contributed by atoms with van der Waals surface area (Å²) in [5, 5.41) is 8.94. The molecule has 0 aliphatic heterocycles. The highest BCUT2D eigenvalue weighted by Gasteiger charge is 2.02. The SMILES string of the molecule is COCCNCCn1ncc2ccccc2c1=O. The quantitative estimate of drug-likeness (QED) is 0.761. The van der Waals surface area contributed by atoms with Crippen molar-refractivity contribution in [3.8, 4) is 0 Å². The molecule has 18 heavy (non-hydrogen) atoms. The van der Waals surface area contributed by atoms with Gasteiger partial charge in [0.2, 0.25) is 0 Å². The van der Waals surface area contributed by atoms with Gasteiger partial charge in [-0.2, -0.15) is 5.10 Å². The number of rotatable bonds is 6. The second-order valence-electron chi connectivity index (χ2n) is 4.00. The minimum absolute atomic E-state index is 0.0401. The van der Waals surface area contributed by atoms with Crippen LogP contribution in [-0.4, -0.2) is 36.6 Å². The van der Waals surface area contributed by atoms with E-state index in [9.17, 15) is 4.79 Å². The monoisotopic (exact) mass is 247 g/mol. The molecular weight excluding hydrogens is 230 g/mol. The molecule has 0 bridgehead atoms. The van der Waals surface area contributed by atoms with Crippen molar-refractivity contribution in [2.45, 2.75) is 6.54 Å². The smallest absolute Gasteiger partial charge is 0.274 e. The van der Waals surface area contributed by atoms with Crippen LogP contribution >= 0.6 is 0 Å². The van der Waals surface area contributed by atoms with Crippen LogP contribution in [0.2, 0.25) is 0 Å². The van der Waals surface area contributed by atoms with E-state index in [0.29, 0.717) is 25.1 Å². The highest BCUT2D eigenvalue weighted by atomic mass is 16.5. The van der Waals surface area contributed by atoms with Gasteiger partial charge in [0.15, 0.2) is 0 Å². The third-order valence-corrected chi connectivity index (χ3v) is 2.75. The number of nitrogens with zero attached hydrogens (tertiary/aromatic N) is 2. The molecule has 5 heteroatoms. The molecule has 1 aromatic heterocycles. The number of fused-ring (bicyclic) bond motifs is 1. The molecule has 0 spiro atoms. The van der Waals surface area contributed by atoms with E-state index in [1.54, 1.807) is 13.3 Å². The van der Waals surface area contributed by atoms with E-state index < -0.39 is 0 Å². The molecule has 1 heterocycles. The maximum Gasteiger partial charge on any atom is 0.274 e. The highest BCUT2D eigenvalue weighted by molar-refractivity contribution is 5.80. The molecule has 0 amide bonds. The number of methoxy groups -OCH3 is 1. The van der Waals surface area contributed by atoms with E-state index in [1.165, 1.54) is 4.68 Å². The number of ether oxygens (including phenoxy) is 1. The predicted octanol–water partition coefficient (Wildman–Crippen LogP) is 0.632. The second kappa shape index (κ2) is 6.28. The van der Waals surface area contributed by atoms with Gasteiger partial charge < -0.3 is 10.1 Å². The van der Waals surface area contributed by atoms with Crippen LogP contribution in [0.3, 0.4) is 0 Å². The third-order valence-electron chi connectivity index (χ3n) is 2.75. The van der Waals surface area contributed by atoms with Crippen LogP contribution in [0, 0.1) is 0 Å². The first kappa shape index (κ1) is 12.7. The molecule has 1 aromatic carbocycles. The summed E-state index contributed by atoms with van der Waals surface area (Å²) < 4.78 is 6.42. The molecule has 1 N–H and O–H groups in total. The topological polar surface area (TPSA) is 56.1 Å². The summed E-state index contributed by atoms with van der Waals surface area (Å²) in [4.78, 5) is 12.1. The number of nitrogens with one attached hydrogen (secondary N) is 1. The Morgan fingerprint density at radius 2 is 2.17 bits per heavy atom. The maximum atomic E-state index is 12.1. The Labute approximate surface area is 105 Å². The van der Waals surface area contributed by atoms with Crippen LogP contribution in [0.15, 0.2) is 35.3 Å². The van der Waals surface area contributed by atoms with Gasteiger partial charge in [-0.25, -0.2) is 4.68 Å². The Kier molecular flexibility index (Phi) is 4.44. The fourth-order valence-electron chi connectivity index (χ4n) is 1.77. The Balaban J connectivity index is 2.05. The first-order valence-electron chi connectivity index (χ1n) is 5.97. The normalized spacial score (nSPS) is 10.9. The van der Waals surface area contributed by atoms with Gasteiger partial charge >= 0.3 is 0 Å². The summed E-state index contributed by atoms with van der Waals surface area (Å²) >= 11 is 0. The van der Waals surface area contributed by atoms with Crippen LogP contribution < -0.4 is 10.9 Å². The van der Waals surface area contributed by atoms with E-state index in [1.807, 2.05) is 24.3 Å². The van der Waals surface area contributed by atoms with E-state index in [-0.39, 0.29) is 5.56 Å². The largest absolute Gasteiger partial charge is 0.383 e. The highest BCUT2D eigenvalue weighted by Crippen LogP contribution is 2.05. The molecule has 5 nitrogen and oxygen atoms in total. The molecule has 0 unspecified atom stereocenters. The van der Waals surface area contributed by atoms with Crippen molar-refractivity contribution >= 4 is 10.8 Å². The van der Waals surface area contributed by atoms with Crippen molar-refractivity contribution in [2.24, 2.45) is 0 Å². The summed E-state index contributed by atoms with van der Waals surface area (Å²) in [6.45, 7) is 2.71. The molecular formula is C13H17N3O2. The van der Waals surface area contributed by atoms with E-state index in [2.05, 4.69) is 10.4 Å². The van der Waals surface area contributed by atoms with Crippen LogP contribution in [0.5, 0.6) is 0 Å². The predicted molar refractivity (Wildman–Crippen MR) is 70.7 cm³/mol. The van der Waals surface area contributed by atoms with E-state index >= 15 is 0 Å². The van der Waals surface area contributed by atoms with Gasteiger partial charge in [0.1, 0.15) is 0 Å².